The number of aromatic amines is 1. The monoisotopic (exact) mass is 471 g/mol. The predicted octanol–water partition coefficient (Wildman–Crippen LogP) is 3.76. The molecule has 2 aliphatic rings. The molecule has 9 heteroatoms. The summed E-state index contributed by atoms with van der Waals surface area (Å²) in [6, 6.07) is 2.65. The van der Waals surface area contributed by atoms with E-state index in [2.05, 4.69) is 26.2 Å². The normalized spacial score (nSPS) is 21.5. The number of aromatic nitrogens is 2. The molecule has 2 atom stereocenters. The number of nitrogens with zero attached hydrogens (tertiary/aromatic N) is 1. The zero-order valence-corrected chi connectivity index (χ0v) is 17.5. The van der Waals surface area contributed by atoms with Gasteiger partial charge in [-0.15, -0.1) is 0 Å². The first-order chi connectivity index (χ1) is 13.4. The van der Waals surface area contributed by atoms with Crippen LogP contribution < -0.4 is 5.32 Å². The van der Waals surface area contributed by atoms with Crippen molar-refractivity contribution in [3.8, 4) is 0 Å². The SMILES string of the molecule is O=C(Cc1[nH]c(=S)n2c1C[C@@H](c1c(F)ccc(Br)c1F)C2)N[C@@H]1CCCOC1. The minimum absolute atomic E-state index is 0.0255. The fourth-order valence-electron chi connectivity index (χ4n) is 4.05. The van der Waals surface area contributed by atoms with E-state index in [1.807, 2.05) is 4.57 Å². The lowest BCUT2D eigenvalue weighted by atomic mass is 9.95. The Balaban J connectivity index is 1.52. The van der Waals surface area contributed by atoms with Gasteiger partial charge in [-0.3, -0.25) is 4.79 Å². The van der Waals surface area contributed by atoms with Crippen LogP contribution in [0.2, 0.25) is 0 Å². The van der Waals surface area contributed by atoms with E-state index in [4.69, 9.17) is 17.0 Å². The molecular formula is C19H20BrF2N3O2S. The number of fused-ring (bicyclic) bond motifs is 1. The van der Waals surface area contributed by atoms with Crippen molar-refractivity contribution in [1.29, 1.82) is 0 Å². The second-order valence-electron chi connectivity index (χ2n) is 7.28. The van der Waals surface area contributed by atoms with Crippen molar-refractivity contribution in [2.45, 2.75) is 44.2 Å². The average molecular weight is 472 g/mol. The minimum atomic E-state index is -0.581. The zero-order chi connectivity index (χ0) is 19.8. The number of halogens is 3. The number of benzene rings is 1. The van der Waals surface area contributed by atoms with Gasteiger partial charge in [0.25, 0.3) is 0 Å². The number of hydrogen-bond donors (Lipinski definition) is 2. The van der Waals surface area contributed by atoms with Gasteiger partial charge in [0.2, 0.25) is 5.91 Å². The van der Waals surface area contributed by atoms with Gasteiger partial charge in [0.15, 0.2) is 4.77 Å². The second-order valence-corrected chi connectivity index (χ2v) is 8.52. The molecule has 5 nitrogen and oxygen atoms in total. The fraction of sp³-hybridized carbons (Fsp3) is 0.474. The third kappa shape index (κ3) is 3.79. The molecule has 0 aliphatic carbocycles. The quantitative estimate of drug-likeness (QED) is 0.527. The van der Waals surface area contributed by atoms with Crippen LogP contribution in [0.3, 0.4) is 0 Å². The number of nitrogens with one attached hydrogen (secondary N) is 2. The molecule has 1 saturated heterocycles. The van der Waals surface area contributed by atoms with Gasteiger partial charge >= 0.3 is 0 Å². The molecule has 1 aromatic heterocycles. The van der Waals surface area contributed by atoms with Gasteiger partial charge in [-0.1, -0.05) is 0 Å². The molecule has 3 heterocycles. The summed E-state index contributed by atoms with van der Waals surface area (Å²) in [5.74, 6) is -1.62. The Bertz CT molecular complexity index is 969. The Hall–Kier alpha value is -1.58. The van der Waals surface area contributed by atoms with Crippen LogP contribution in [0.5, 0.6) is 0 Å². The van der Waals surface area contributed by atoms with Crippen LogP contribution in [0, 0.1) is 16.4 Å². The summed E-state index contributed by atoms with van der Waals surface area (Å²) in [5, 5.41) is 2.98. The van der Waals surface area contributed by atoms with E-state index in [1.165, 1.54) is 12.1 Å². The number of carbonyl (C=O) groups excluding carboxylic acids is 1. The largest absolute Gasteiger partial charge is 0.379 e. The molecule has 2 N–H and O–H groups in total. The number of H-pyrrole nitrogens is 1. The molecule has 1 aromatic carbocycles. The van der Waals surface area contributed by atoms with Gasteiger partial charge in [-0.05, 0) is 59.5 Å². The van der Waals surface area contributed by atoms with E-state index in [0.29, 0.717) is 30.0 Å². The summed E-state index contributed by atoms with van der Waals surface area (Å²) in [5.41, 5.74) is 1.60. The van der Waals surface area contributed by atoms with Gasteiger partial charge in [0.1, 0.15) is 11.6 Å². The van der Waals surface area contributed by atoms with Crippen molar-refractivity contribution in [2.75, 3.05) is 13.2 Å². The van der Waals surface area contributed by atoms with Crippen molar-refractivity contribution in [2.24, 2.45) is 0 Å². The Morgan fingerprint density at radius 1 is 1.43 bits per heavy atom. The van der Waals surface area contributed by atoms with Gasteiger partial charge < -0.3 is 19.6 Å². The van der Waals surface area contributed by atoms with Crippen molar-refractivity contribution in [3.63, 3.8) is 0 Å². The molecule has 0 saturated carbocycles. The van der Waals surface area contributed by atoms with E-state index in [1.54, 1.807) is 0 Å². The Labute approximate surface area is 174 Å². The highest BCUT2D eigenvalue weighted by Crippen LogP contribution is 2.36. The summed E-state index contributed by atoms with van der Waals surface area (Å²) in [6.45, 7) is 1.64. The minimum Gasteiger partial charge on any atom is -0.379 e. The van der Waals surface area contributed by atoms with Crippen molar-refractivity contribution in [1.82, 2.24) is 14.9 Å². The molecule has 1 amide bonds. The summed E-state index contributed by atoms with van der Waals surface area (Å²) in [6.07, 6.45) is 2.41. The molecule has 28 heavy (non-hydrogen) atoms. The molecule has 150 valence electrons. The van der Waals surface area contributed by atoms with Crippen LogP contribution in [0.4, 0.5) is 8.78 Å². The van der Waals surface area contributed by atoms with Gasteiger partial charge in [-0.2, -0.15) is 0 Å². The molecule has 2 aliphatic heterocycles. The van der Waals surface area contributed by atoms with Gasteiger partial charge in [0.05, 0.1) is 23.5 Å². The maximum atomic E-state index is 14.5. The van der Waals surface area contributed by atoms with E-state index < -0.39 is 11.6 Å². The number of hydrogen-bond acceptors (Lipinski definition) is 3. The summed E-state index contributed by atoms with van der Waals surface area (Å²) in [4.78, 5) is 15.5. The van der Waals surface area contributed by atoms with Crippen LogP contribution in [0.25, 0.3) is 0 Å². The Morgan fingerprint density at radius 2 is 2.25 bits per heavy atom. The number of rotatable bonds is 4. The highest BCUT2D eigenvalue weighted by molar-refractivity contribution is 9.10. The van der Waals surface area contributed by atoms with Crippen LogP contribution >= 0.6 is 28.1 Å². The third-order valence-corrected chi connectivity index (χ3v) is 6.31. The second kappa shape index (κ2) is 8.04. The predicted molar refractivity (Wildman–Crippen MR) is 106 cm³/mol. The van der Waals surface area contributed by atoms with Crippen LogP contribution in [0.1, 0.15) is 35.7 Å². The lowest BCUT2D eigenvalue weighted by molar-refractivity contribution is -0.122. The van der Waals surface area contributed by atoms with E-state index in [9.17, 15) is 13.6 Å². The molecule has 0 spiro atoms. The van der Waals surface area contributed by atoms with Crippen LogP contribution in [-0.4, -0.2) is 34.7 Å². The lowest BCUT2D eigenvalue weighted by Crippen LogP contribution is -2.41. The maximum Gasteiger partial charge on any atom is 0.226 e. The van der Waals surface area contributed by atoms with E-state index >= 15 is 0 Å². The molecule has 0 bridgehead atoms. The van der Waals surface area contributed by atoms with E-state index in [-0.39, 0.29) is 34.3 Å². The smallest absolute Gasteiger partial charge is 0.226 e. The summed E-state index contributed by atoms with van der Waals surface area (Å²) in [7, 11) is 0. The fourth-order valence-corrected chi connectivity index (χ4v) is 4.70. The first-order valence-electron chi connectivity index (χ1n) is 9.25. The average Bonchev–Trinajstić information content (AvgIpc) is 3.21. The van der Waals surface area contributed by atoms with Crippen LogP contribution in [-0.2, 0) is 28.9 Å². The molecule has 0 radical (unpaired) electrons. The molecule has 1 fully saturated rings. The molecular weight excluding hydrogens is 452 g/mol. The standard InChI is InChI=1S/C19H20BrF2N3O2S/c20-12-3-4-13(21)17(18(12)22)10-6-15-14(24-19(28)25(15)8-10)7-16(26)23-11-2-1-5-27-9-11/h3-4,10-11H,1-2,5-9H2,(H,23,26)(H,24,28)/t10-,11-/m1/s1. The van der Waals surface area contributed by atoms with E-state index in [0.717, 1.165) is 25.1 Å². The highest BCUT2D eigenvalue weighted by Gasteiger charge is 2.32. The Morgan fingerprint density at radius 3 is 3.00 bits per heavy atom. The maximum absolute atomic E-state index is 14.5. The van der Waals surface area contributed by atoms with Crippen LogP contribution in [0.15, 0.2) is 16.6 Å². The lowest BCUT2D eigenvalue weighted by Gasteiger charge is -2.23. The van der Waals surface area contributed by atoms with Crippen molar-refractivity contribution in [3.05, 3.63) is 50.0 Å². The molecule has 4 rings (SSSR count). The first kappa shape index (κ1) is 19.7. The Kier molecular flexibility index (Phi) is 5.66. The number of ether oxygens (including phenoxy) is 1. The topological polar surface area (TPSA) is 59.0 Å². The van der Waals surface area contributed by atoms with Gasteiger partial charge in [0, 0.05) is 36.0 Å². The molecule has 2 aromatic rings. The highest BCUT2D eigenvalue weighted by atomic mass is 79.9. The first-order valence-corrected chi connectivity index (χ1v) is 10.4. The number of imidazole rings is 1. The third-order valence-electron chi connectivity index (χ3n) is 5.37. The summed E-state index contributed by atoms with van der Waals surface area (Å²) >= 11 is 8.49. The van der Waals surface area contributed by atoms with Crippen molar-refractivity contribution < 1.29 is 18.3 Å². The number of amides is 1. The van der Waals surface area contributed by atoms with Crippen molar-refractivity contribution >= 4 is 34.1 Å². The number of carbonyl (C=O) groups is 1. The molecule has 0 unspecified atom stereocenters. The van der Waals surface area contributed by atoms with Gasteiger partial charge in [-0.25, -0.2) is 8.78 Å². The zero-order valence-electron chi connectivity index (χ0n) is 15.1. The summed E-state index contributed by atoms with van der Waals surface area (Å²) < 4.78 is 36.7.